The van der Waals surface area contributed by atoms with Gasteiger partial charge in [-0.25, -0.2) is 9.97 Å². The maximum Gasteiger partial charge on any atom is 0.418 e. The van der Waals surface area contributed by atoms with E-state index in [0.29, 0.717) is 6.07 Å². The average Bonchev–Trinajstić information content (AvgIpc) is 2.26. The SMILES string of the molecule is Cc1nc2cc(C(F)(F)F)c(C=O)nc2c(=O)[nH]1. The van der Waals surface area contributed by atoms with Gasteiger partial charge in [-0.3, -0.25) is 9.59 Å². The Labute approximate surface area is 97.7 Å². The Bertz CT molecular complexity index is 691. The zero-order valence-electron chi connectivity index (χ0n) is 9.00. The molecule has 2 aromatic rings. The van der Waals surface area contributed by atoms with E-state index in [1.165, 1.54) is 6.92 Å². The maximum absolute atomic E-state index is 12.7. The van der Waals surface area contributed by atoms with Gasteiger partial charge < -0.3 is 4.98 Å². The molecule has 0 radical (unpaired) electrons. The highest BCUT2D eigenvalue weighted by Gasteiger charge is 2.35. The summed E-state index contributed by atoms with van der Waals surface area (Å²) >= 11 is 0. The Morgan fingerprint density at radius 1 is 1.33 bits per heavy atom. The quantitative estimate of drug-likeness (QED) is 0.784. The molecule has 0 aliphatic carbocycles. The number of fused-ring (bicyclic) bond motifs is 1. The van der Waals surface area contributed by atoms with Gasteiger partial charge in [-0.1, -0.05) is 0 Å². The second kappa shape index (κ2) is 3.90. The van der Waals surface area contributed by atoms with Crippen LogP contribution in [-0.2, 0) is 6.18 Å². The maximum atomic E-state index is 12.7. The van der Waals surface area contributed by atoms with E-state index in [1.807, 2.05) is 0 Å². The van der Waals surface area contributed by atoms with Crippen LogP contribution in [0.15, 0.2) is 10.9 Å². The van der Waals surface area contributed by atoms with Crippen LogP contribution >= 0.6 is 0 Å². The van der Waals surface area contributed by atoms with Crippen molar-refractivity contribution < 1.29 is 18.0 Å². The van der Waals surface area contributed by atoms with Crippen LogP contribution in [0.5, 0.6) is 0 Å². The van der Waals surface area contributed by atoms with Gasteiger partial charge in [0.2, 0.25) is 0 Å². The Balaban J connectivity index is 2.90. The number of nitrogens with one attached hydrogen (secondary N) is 1. The average molecular weight is 257 g/mol. The number of nitrogens with zero attached hydrogens (tertiary/aromatic N) is 2. The van der Waals surface area contributed by atoms with Crippen LogP contribution in [0.25, 0.3) is 11.0 Å². The molecule has 2 aromatic heterocycles. The van der Waals surface area contributed by atoms with E-state index in [0.717, 1.165) is 0 Å². The fraction of sp³-hybridized carbons (Fsp3) is 0.200. The fourth-order valence-corrected chi connectivity index (χ4v) is 1.52. The van der Waals surface area contributed by atoms with Crippen LogP contribution in [0.1, 0.15) is 21.9 Å². The van der Waals surface area contributed by atoms with E-state index >= 15 is 0 Å². The minimum atomic E-state index is -4.73. The van der Waals surface area contributed by atoms with Crippen LogP contribution in [0, 0.1) is 6.92 Å². The van der Waals surface area contributed by atoms with Gasteiger partial charge in [0.05, 0.1) is 11.1 Å². The number of alkyl halides is 3. The fourth-order valence-electron chi connectivity index (χ4n) is 1.52. The first-order valence-electron chi connectivity index (χ1n) is 4.77. The molecule has 5 nitrogen and oxygen atoms in total. The van der Waals surface area contributed by atoms with Crippen molar-refractivity contribution in [3.05, 3.63) is 33.5 Å². The van der Waals surface area contributed by atoms with E-state index < -0.39 is 23.0 Å². The van der Waals surface area contributed by atoms with Gasteiger partial charge in [0.15, 0.2) is 11.8 Å². The number of pyridine rings is 1. The number of halogens is 3. The summed E-state index contributed by atoms with van der Waals surface area (Å²) in [4.78, 5) is 31.5. The third-order valence-corrected chi connectivity index (χ3v) is 2.25. The number of carbonyl (C=O) groups excluding carboxylic acids is 1. The van der Waals surface area contributed by atoms with Crippen LogP contribution in [0.3, 0.4) is 0 Å². The predicted molar refractivity (Wildman–Crippen MR) is 55.3 cm³/mol. The van der Waals surface area contributed by atoms with E-state index in [2.05, 4.69) is 15.0 Å². The summed E-state index contributed by atoms with van der Waals surface area (Å²) in [7, 11) is 0. The first-order chi connectivity index (χ1) is 8.32. The van der Waals surface area contributed by atoms with Gasteiger partial charge in [0.25, 0.3) is 5.56 Å². The van der Waals surface area contributed by atoms with Crippen LogP contribution in [-0.4, -0.2) is 21.2 Å². The molecule has 0 atom stereocenters. The van der Waals surface area contributed by atoms with Crippen molar-refractivity contribution in [1.29, 1.82) is 0 Å². The van der Waals surface area contributed by atoms with Gasteiger partial charge in [0.1, 0.15) is 11.5 Å². The van der Waals surface area contributed by atoms with Gasteiger partial charge in [-0.2, -0.15) is 13.2 Å². The summed E-state index contributed by atoms with van der Waals surface area (Å²) in [5, 5.41) is 0. The molecule has 94 valence electrons. The first kappa shape index (κ1) is 12.2. The predicted octanol–water partition coefficient (Wildman–Crippen LogP) is 1.46. The Morgan fingerprint density at radius 2 is 2.00 bits per heavy atom. The smallest absolute Gasteiger partial charge is 0.309 e. The summed E-state index contributed by atoms with van der Waals surface area (Å²) < 4.78 is 38.0. The molecule has 0 spiro atoms. The number of H-pyrrole nitrogens is 1. The molecule has 0 bridgehead atoms. The van der Waals surface area contributed by atoms with E-state index in [4.69, 9.17) is 0 Å². The zero-order chi connectivity index (χ0) is 13.5. The summed E-state index contributed by atoms with van der Waals surface area (Å²) in [6, 6.07) is 0.647. The van der Waals surface area contributed by atoms with Crippen molar-refractivity contribution in [3.8, 4) is 0 Å². The second-order valence-corrected chi connectivity index (χ2v) is 3.56. The minimum Gasteiger partial charge on any atom is -0.309 e. The number of carbonyl (C=O) groups is 1. The largest absolute Gasteiger partial charge is 0.418 e. The lowest BCUT2D eigenvalue weighted by Gasteiger charge is -2.09. The summed E-state index contributed by atoms with van der Waals surface area (Å²) in [5.74, 6) is 0.168. The molecule has 18 heavy (non-hydrogen) atoms. The minimum absolute atomic E-state index is 0.0401. The Kier molecular flexibility index (Phi) is 2.64. The van der Waals surface area contributed by atoms with Crippen LogP contribution in [0.4, 0.5) is 13.2 Å². The van der Waals surface area contributed by atoms with Crippen molar-refractivity contribution in [2.24, 2.45) is 0 Å². The molecule has 0 aliphatic rings. The van der Waals surface area contributed by atoms with Gasteiger partial charge >= 0.3 is 6.18 Å². The highest BCUT2D eigenvalue weighted by molar-refractivity contribution is 5.82. The standard InChI is InChI=1S/C10H6F3N3O2/c1-4-14-6-2-5(10(11,12)13)7(3-17)16-8(6)9(18)15-4/h2-3H,1H3,(H,14,15,18). The van der Waals surface area contributed by atoms with Crippen molar-refractivity contribution in [1.82, 2.24) is 15.0 Å². The molecule has 0 saturated carbocycles. The Morgan fingerprint density at radius 3 is 2.56 bits per heavy atom. The molecule has 0 aliphatic heterocycles. The lowest BCUT2D eigenvalue weighted by atomic mass is 10.1. The van der Waals surface area contributed by atoms with Gasteiger partial charge in [-0.15, -0.1) is 0 Å². The number of rotatable bonds is 1. The molecule has 0 saturated heterocycles. The summed E-state index contributed by atoms with van der Waals surface area (Å²) in [6.45, 7) is 1.43. The van der Waals surface area contributed by atoms with Crippen molar-refractivity contribution in [3.63, 3.8) is 0 Å². The molecule has 0 amide bonds. The van der Waals surface area contributed by atoms with Crippen LogP contribution < -0.4 is 5.56 Å². The zero-order valence-corrected chi connectivity index (χ0v) is 9.00. The third-order valence-electron chi connectivity index (χ3n) is 2.25. The number of aryl methyl sites for hydroxylation is 1. The summed E-state index contributed by atoms with van der Waals surface area (Å²) in [6.07, 6.45) is -4.77. The lowest BCUT2D eigenvalue weighted by molar-refractivity contribution is -0.138. The van der Waals surface area contributed by atoms with E-state index in [-0.39, 0.29) is 23.1 Å². The number of aromatic nitrogens is 3. The highest BCUT2D eigenvalue weighted by atomic mass is 19.4. The van der Waals surface area contributed by atoms with E-state index in [9.17, 15) is 22.8 Å². The van der Waals surface area contributed by atoms with Gasteiger partial charge in [-0.05, 0) is 13.0 Å². The molecular weight excluding hydrogens is 251 g/mol. The van der Waals surface area contributed by atoms with Gasteiger partial charge in [0, 0.05) is 0 Å². The van der Waals surface area contributed by atoms with E-state index in [1.54, 1.807) is 0 Å². The molecule has 0 unspecified atom stereocenters. The molecular formula is C10H6F3N3O2. The molecule has 0 aromatic carbocycles. The molecule has 0 fully saturated rings. The number of aromatic amines is 1. The number of aldehydes is 1. The Hall–Kier alpha value is -2.25. The third kappa shape index (κ3) is 1.96. The monoisotopic (exact) mass is 257 g/mol. The topological polar surface area (TPSA) is 75.7 Å². The summed E-state index contributed by atoms with van der Waals surface area (Å²) in [5.41, 5.74) is -3.21. The molecule has 2 rings (SSSR count). The first-order valence-corrected chi connectivity index (χ1v) is 4.77. The normalized spacial score (nSPS) is 11.8. The molecule has 1 N–H and O–H groups in total. The van der Waals surface area contributed by atoms with Crippen molar-refractivity contribution in [2.75, 3.05) is 0 Å². The number of hydrogen-bond acceptors (Lipinski definition) is 4. The second-order valence-electron chi connectivity index (χ2n) is 3.56. The number of hydrogen-bond donors (Lipinski definition) is 1. The molecule has 8 heteroatoms. The van der Waals surface area contributed by atoms with Crippen molar-refractivity contribution in [2.45, 2.75) is 13.1 Å². The molecule has 2 heterocycles. The van der Waals surface area contributed by atoms with Crippen molar-refractivity contribution >= 4 is 17.3 Å². The van der Waals surface area contributed by atoms with Crippen LogP contribution in [0.2, 0.25) is 0 Å². The highest BCUT2D eigenvalue weighted by Crippen LogP contribution is 2.31. The lowest BCUT2D eigenvalue weighted by Crippen LogP contribution is -2.16.